The maximum Gasteiger partial charge on any atom is 0.169 e. The van der Waals surface area contributed by atoms with Crippen LogP contribution in [0.3, 0.4) is 0 Å². The summed E-state index contributed by atoms with van der Waals surface area (Å²) in [6.45, 7) is 4.11. The van der Waals surface area contributed by atoms with Gasteiger partial charge in [-0.1, -0.05) is 80.4 Å². The second-order valence-electron chi connectivity index (χ2n) is 7.87. The minimum Gasteiger partial charge on any atom is -0.206 e. The zero-order valence-corrected chi connectivity index (χ0v) is 18.2. The lowest BCUT2D eigenvalue weighted by molar-refractivity contribution is 0.622. The van der Waals surface area contributed by atoms with Crippen molar-refractivity contribution in [1.82, 2.24) is 0 Å². The van der Waals surface area contributed by atoms with Crippen molar-refractivity contribution in [1.29, 1.82) is 0 Å². The number of hydrogen-bond donors (Lipinski definition) is 0. The Morgan fingerprint density at radius 1 is 0.839 bits per heavy atom. The van der Waals surface area contributed by atoms with Crippen molar-refractivity contribution < 1.29 is 13.2 Å². The third kappa shape index (κ3) is 5.66. The topological polar surface area (TPSA) is 0 Å². The van der Waals surface area contributed by atoms with Gasteiger partial charge in [0.05, 0.1) is 0 Å². The largest absolute Gasteiger partial charge is 0.206 e. The fraction of sp³-hybridized carbons (Fsp3) is 0.286. The first-order valence-electron chi connectivity index (χ1n) is 11.0. The number of hydrogen-bond acceptors (Lipinski definition) is 0. The van der Waals surface area contributed by atoms with E-state index in [9.17, 15) is 8.78 Å². The van der Waals surface area contributed by atoms with Crippen molar-refractivity contribution in [3.8, 4) is 0 Å². The van der Waals surface area contributed by atoms with Crippen LogP contribution in [-0.4, -0.2) is 0 Å². The summed E-state index contributed by atoms with van der Waals surface area (Å²) in [5.74, 6) is -2.95. The fourth-order valence-corrected chi connectivity index (χ4v) is 3.72. The van der Waals surface area contributed by atoms with E-state index in [4.69, 9.17) is 0 Å². The molecule has 0 nitrogen and oxygen atoms in total. The molecule has 0 amide bonds. The lowest BCUT2D eigenvalue weighted by Crippen LogP contribution is -1.93. The molecule has 0 fully saturated rings. The van der Waals surface area contributed by atoms with Gasteiger partial charge >= 0.3 is 0 Å². The molecule has 0 radical (unpaired) electrons. The van der Waals surface area contributed by atoms with Gasteiger partial charge in [-0.3, -0.25) is 0 Å². The van der Waals surface area contributed by atoms with Crippen molar-refractivity contribution in [2.24, 2.45) is 0 Å². The van der Waals surface area contributed by atoms with Gasteiger partial charge in [0, 0.05) is 16.5 Å². The van der Waals surface area contributed by atoms with Crippen LogP contribution >= 0.6 is 0 Å². The maximum atomic E-state index is 15.0. The number of benzene rings is 3. The molecule has 0 spiro atoms. The third-order valence-corrected chi connectivity index (χ3v) is 5.56. The van der Waals surface area contributed by atoms with Crippen LogP contribution in [0.4, 0.5) is 13.2 Å². The SMILES string of the molecule is C/C=C/CCc1ccc2c(F)c(C(F)=C(F)c3ccc(CCCCC)cc3)ccc2c1. The summed E-state index contributed by atoms with van der Waals surface area (Å²) in [5.41, 5.74) is 1.95. The van der Waals surface area contributed by atoms with Gasteiger partial charge in [-0.05, 0) is 55.2 Å². The molecule has 31 heavy (non-hydrogen) atoms. The number of aryl methyl sites for hydroxylation is 2. The molecule has 3 rings (SSSR count). The Morgan fingerprint density at radius 3 is 2.29 bits per heavy atom. The molecule has 0 unspecified atom stereocenters. The lowest BCUT2D eigenvalue weighted by Gasteiger charge is -2.09. The summed E-state index contributed by atoms with van der Waals surface area (Å²) in [4.78, 5) is 0. The number of fused-ring (bicyclic) bond motifs is 1. The lowest BCUT2D eigenvalue weighted by atomic mass is 9.99. The van der Waals surface area contributed by atoms with Gasteiger partial charge in [0.1, 0.15) is 5.82 Å². The van der Waals surface area contributed by atoms with E-state index in [0.29, 0.717) is 10.8 Å². The van der Waals surface area contributed by atoms with Gasteiger partial charge in [-0.15, -0.1) is 0 Å². The van der Waals surface area contributed by atoms with Gasteiger partial charge in [0.25, 0.3) is 0 Å². The second kappa shape index (κ2) is 11.0. The average molecular weight is 423 g/mol. The zero-order valence-electron chi connectivity index (χ0n) is 18.2. The van der Waals surface area contributed by atoms with Crippen molar-refractivity contribution in [3.05, 3.63) is 94.8 Å². The summed E-state index contributed by atoms with van der Waals surface area (Å²) in [6, 6.07) is 15.1. The smallest absolute Gasteiger partial charge is 0.169 e. The van der Waals surface area contributed by atoms with E-state index in [0.717, 1.165) is 49.7 Å². The summed E-state index contributed by atoms with van der Waals surface area (Å²) in [7, 11) is 0. The Kier molecular flexibility index (Phi) is 8.11. The van der Waals surface area contributed by atoms with Crippen LogP contribution in [-0.2, 0) is 12.8 Å². The molecule has 3 aromatic rings. The van der Waals surface area contributed by atoms with Crippen molar-refractivity contribution >= 4 is 22.4 Å². The van der Waals surface area contributed by atoms with E-state index in [1.54, 1.807) is 24.3 Å². The van der Waals surface area contributed by atoms with Gasteiger partial charge in [-0.25, -0.2) is 13.2 Å². The minimum absolute atomic E-state index is 0.121. The first-order valence-corrected chi connectivity index (χ1v) is 11.0. The minimum atomic E-state index is -1.17. The number of allylic oxidation sites excluding steroid dienone is 2. The van der Waals surface area contributed by atoms with Gasteiger partial charge in [-0.2, -0.15) is 0 Å². The Hall–Kier alpha value is -2.81. The highest BCUT2D eigenvalue weighted by atomic mass is 19.2. The van der Waals surface area contributed by atoms with E-state index in [2.05, 4.69) is 13.0 Å². The van der Waals surface area contributed by atoms with Crippen LogP contribution in [0.25, 0.3) is 22.4 Å². The van der Waals surface area contributed by atoms with Gasteiger partial charge < -0.3 is 0 Å². The predicted octanol–water partition coefficient (Wildman–Crippen LogP) is 8.99. The quantitative estimate of drug-likeness (QED) is 0.183. The van der Waals surface area contributed by atoms with Gasteiger partial charge in [0.2, 0.25) is 0 Å². The molecule has 162 valence electrons. The first-order chi connectivity index (χ1) is 15.0. The summed E-state index contributed by atoms with van der Waals surface area (Å²) in [6.07, 6.45) is 10.1. The monoisotopic (exact) mass is 422 g/mol. The van der Waals surface area contributed by atoms with E-state index in [1.807, 2.05) is 37.3 Å². The number of unbranched alkanes of at least 4 members (excludes halogenated alkanes) is 2. The Balaban J connectivity index is 1.86. The standard InChI is InChI=1S/C28H29F3/c1-3-5-7-9-20-11-14-22(15-12-20)26(29)28(31)25-18-16-23-19-21(10-8-6-4-2)13-17-24(23)27(25)30/h4,6,11-19H,3,5,7-10H2,1-2H3/b6-4+,28-26?. The molecule has 0 heterocycles. The second-order valence-corrected chi connectivity index (χ2v) is 7.87. The van der Waals surface area contributed by atoms with Crippen LogP contribution in [0, 0.1) is 5.82 Å². The molecule has 0 aliphatic carbocycles. The zero-order chi connectivity index (χ0) is 22.2. The van der Waals surface area contributed by atoms with E-state index in [-0.39, 0.29) is 11.1 Å². The van der Waals surface area contributed by atoms with Gasteiger partial charge in [0.15, 0.2) is 11.7 Å². The van der Waals surface area contributed by atoms with E-state index >= 15 is 4.39 Å². The molecular weight excluding hydrogens is 393 g/mol. The van der Waals surface area contributed by atoms with Crippen LogP contribution in [0.1, 0.15) is 61.8 Å². The molecule has 0 aromatic heterocycles. The Labute approximate surface area is 183 Å². The Morgan fingerprint density at radius 2 is 1.58 bits per heavy atom. The average Bonchev–Trinajstić information content (AvgIpc) is 2.79. The number of halogens is 3. The first kappa shape index (κ1) is 22.9. The summed E-state index contributed by atoms with van der Waals surface area (Å²) >= 11 is 0. The Bertz CT molecular complexity index is 1080. The molecule has 3 heteroatoms. The summed E-state index contributed by atoms with van der Waals surface area (Å²) in [5, 5.41) is 0.977. The predicted molar refractivity (Wildman–Crippen MR) is 126 cm³/mol. The van der Waals surface area contributed by atoms with Crippen molar-refractivity contribution in [2.75, 3.05) is 0 Å². The van der Waals surface area contributed by atoms with Crippen LogP contribution in [0.2, 0.25) is 0 Å². The summed E-state index contributed by atoms with van der Waals surface area (Å²) < 4.78 is 44.7. The normalized spacial score (nSPS) is 12.5. The molecule has 3 aromatic carbocycles. The number of rotatable bonds is 9. The van der Waals surface area contributed by atoms with Crippen LogP contribution in [0.15, 0.2) is 66.7 Å². The molecule has 0 atom stereocenters. The van der Waals surface area contributed by atoms with Crippen molar-refractivity contribution in [3.63, 3.8) is 0 Å². The fourth-order valence-electron chi connectivity index (χ4n) is 3.72. The van der Waals surface area contributed by atoms with Crippen LogP contribution < -0.4 is 0 Å². The molecular formula is C28H29F3. The van der Waals surface area contributed by atoms with Crippen molar-refractivity contribution in [2.45, 2.75) is 52.4 Å². The highest BCUT2D eigenvalue weighted by molar-refractivity contribution is 5.91. The van der Waals surface area contributed by atoms with Crippen LogP contribution in [0.5, 0.6) is 0 Å². The highest BCUT2D eigenvalue weighted by Gasteiger charge is 2.17. The molecule has 0 N–H and O–H groups in total. The maximum absolute atomic E-state index is 15.0. The molecule has 0 aliphatic rings. The molecule has 0 bridgehead atoms. The molecule has 0 aliphatic heterocycles. The molecule has 0 saturated carbocycles. The van der Waals surface area contributed by atoms with E-state index < -0.39 is 17.5 Å². The highest BCUT2D eigenvalue weighted by Crippen LogP contribution is 2.33. The van der Waals surface area contributed by atoms with E-state index in [1.165, 1.54) is 6.07 Å². The third-order valence-electron chi connectivity index (χ3n) is 5.56. The molecule has 0 saturated heterocycles.